The number of nitrogens with one attached hydrogen (secondary N) is 1. The highest BCUT2D eigenvalue weighted by atomic mass is 19.1. The van der Waals surface area contributed by atoms with Gasteiger partial charge >= 0.3 is 5.97 Å². The molecule has 2 aromatic rings. The summed E-state index contributed by atoms with van der Waals surface area (Å²) in [6, 6.07) is 2.94. The zero-order valence-corrected chi connectivity index (χ0v) is 15.0. The predicted molar refractivity (Wildman–Crippen MR) is 91.8 cm³/mol. The lowest BCUT2D eigenvalue weighted by atomic mass is 10.1. The van der Waals surface area contributed by atoms with Gasteiger partial charge in [0.05, 0.1) is 14.2 Å². The molecule has 0 atom stereocenters. The lowest BCUT2D eigenvalue weighted by Gasteiger charge is -2.15. The molecule has 0 aliphatic carbocycles. The molecule has 2 rings (SSSR count). The van der Waals surface area contributed by atoms with E-state index < -0.39 is 28.9 Å². The Morgan fingerprint density at radius 1 is 1.22 bits per heavy atom. The fraction of sp³-hybridized carbons (Fsp3) is 0.278. The molecule has 7 nitrogen and oxygen atoms in total. The summed E-state index contributed by atoms with van der Waals surface area (Å²) in [4.78, 5) is 36.9. The molecule has 0 aliphatic rings. The quantitative estimate of drug-likeness (QED) is 0.774. The Morgan fingerprint density at radius 3 is 2.48 bits per heavy atom. The molecule has 144 valence electrons. The summed E-state index contributed by atoms with van der Waals surface area (Å²) in [6.45, 7) is 1.71. The van der Waals surface area contributed by atoms with Crippen molar-refractivity contribution < 1.29 is 27.8 Å². The van der Waals surface area contributed by atoms with Crippen LogP contribution in [0.5, 0.6) is 5.75 Å². The van der Waals surface area contributed by atoms with E-state index in [1.54, 1.807) is 6.92 Å². The Kier molecular flexibility index (Phi) is 6.27. The average Bonchev–Trinajstić information content (AvgIpc) is 2.65. The zero-order valence-electron chi connectivity index (χ0n) is 15.0. The van der Waals surface area contributed by atoms with Crippen LogP contribution in [0.1, 0.15) is 33.3 Å². The molecule has 0 saturated carbocycles. The van der Waals surface area contributed by atoms with E-state index >= 15 is 0 Å². The van der Waals surface area contributed by atoms with Crippen LogP contribution in [0.2, 0.25) is 0 Å². The van der Waals surface area contributed by atoms with Crippen molar-refractivity contribution in [3.05, 3.63) is 63.1 Å². The number of ether oxygens (including phenoxy) is 2. The number of carbonyl (C=O) groups excluding carboxylic acids is 2. The van der Waals surface area contributed by atoms with Crippen molar-refractivity contribution in [1.82, 2.24) is 9.88 Å². The van der Waals surface area contributed by atoms with Crippen molar-refractivity contribution in [2.45, 2.75) is 20.0 Å². The summed E-state index contributed by atoms with van der Waals surface area (Å²) in [5.74, 6) is -3.47. The molecule has 0 spiro atoms. The van der Waals surface area contributed by atoms with Gasteiger partial charge in [-0.25, -0.2) is 13.6 Å². The van der Waals surface area contributed by atoms with Gasteiger partial charge in [-0.05, 0) is 13.0 Å². The molecule has 0 saturated heterocycles. The van der Waals surface area contributed by atoms with Crippen LogP contribution < -0.4 is 15.5 Å². The third kappa shape index (κ3) is 4.13. The van der Waals surface area contributed by atoms with Crippen molar-refractivity contribution in [3.63, 3.8) is 0 Å². The van der Waals surface area contributed by atoms with Crippen LogP contribution in [-0.2, 0) is 17.8 Å². The fourth-order valence-electron chi connectivity index (χ4n) is 2.48. The number of rotatable bonds is 6. The Balaban J connectivity index is 2.38. The van der Waals surface area contributed by atoms with Gasteiger partial charge in [0, 0.05) is 30.9 Å². The number of esters is 1. The number of methoxy groups -OCH3 is 2. The summed E-state index contributed by atoms with van der Waals surface area (Å²) in [7, 11) is 2.35. The highest BCUT2D eigenvalue weighted by molar-refractivity contribution is 5.96. The maximum atomic E-state index is 13.7. The summed E-state index contributed by atoms with van der Waals surface area (Å²) in [6.07, 6.45) is 1.20. The van der Waals surface area contributed by atoms with Crippen LogP contribution in [-0.4, -0.2) is 30.7 Å². The average molecular weight is 380 g/mol. The number of aromatic nitrogens is 1. The number of halogens is 2. The van der Waals surface area contributed by atoms with E-state index in [0.29, 0.717) is 6.07 Å². The van der Waals surface area contributed by atoms with E-state index in [1.165, 1.54) is 23.9 Å². The molecular weight excluding hydrogens is 362 g/mol. The first-order valence-corrected chi connectivity index (χ1v) is 7.95. The zero-order chi connectivity index (χ0) is 20.1. The second kappa shape index (κ2) is 8.43. The van der Waals surface area contributed by atoms with Crippen LogP contribution in [0.15, 0.2) is 29.2 Å². The van der Waals surface area contributed by atoms with Crippen molar-refractivity contribution >= 4 is 11.9 Å². The molecular formula is C18H18F2N2O5. The van der Waals surface area contributed by atoms with Crippen LogP contribution >= 0.6 is 0 Å². The molecule has 1 N–H and O–H groups in total. The first-order chi connectivity index (χ1) is 12.8. The van der Waals surface area contributed by atoms with Crippen molar-refractivity contribution in [1.29, 1.82) is 0 Å². The molecule has 0 radical (unpaired) electrons. The number of hydrogen-bond acceptors (Lipinski definition) is 5. The van der Waals surface area contributed by atoms with Crippen LogP contribution in [0.25, 0.3) is 0 Å². The van der Waals surface area contributed by atoms with E-state index in [4.69, 9.17) is 4.74 Å². The minimum atomic E-state index is -0.820. The number of amides is 1. The summed E-state index contributed by atoms with van der Waals surface area (Å²) < 4.78 is 37.6. The topological polar surface area (TPSA) is 86.6 Å². The molecule has 0 aliphatic heterocycles. The number of nitrogens with zero attached hydrogens (tertiary/aromatic N) is 1. The molecule has 9 heteroatoms. The third-order valence-corrected chi connectivity index (χ3v) is 3.86. The normalized spacial score (nSPS) is 10.4. The predicted octanol–water partition coefficient (Wildman–Crippen LogP) is 1.87. The second-order valence-electron chi connectivity index (χ2n) is 5.45. The van der Waals surface area contributed by atoms with Crippen molar-refractivity contribution in [2.24, 2.45) is 0 Å². The minimum absolute atomic E-state index is 0.0544. The van der Waals surface area contributed by atoms with Gasteiger partial charge in [-0.1, -0.05) is 6.07 Å². The number of aryl methyl sites for hydroxylation is 1. The Hall–Kier alpha value is -3.23. The molecule has 0 unspecified atom stereocenters. The van der Waals surface area contributed by atoms with E-state index in [2.05, 4.69) is 10.1 Å². The molecule has 1 amide bonds. The van der Waals surface area contributed by atoms with Crippen LogP contribution in [0.3, 0.4) is 0 Å². The number of benzene rings is 1. The smallest absolute Gasteiger partial charge is 0.358 e. The van der Waals surface area contributed by atoms with Crippen LogP contribution in [0.4, 0.5) is 8.78 Å². The fourth-order valence-corrected chi connectivity index (χ4v) is 2.48. The lowest BCUT2D eigenvalue weighted by Crippen LogP contribution is -2.32. The van der Waals surface area contributed by atoms with Gasteiger partial charge in [0.25, 0.3) is 5.91 Å². The standard InChI is InChI=1S/C18H18F2N2O5/c1-4-22-9-12(15(23)16(26-2)14(22)18(25)27-3)17(24)21-8-10-5-6-11(19)7-13(10)20/h5-7,9H,4,8H2,1-3H3,(H,21,24). The molecule has 0 fully saturated rings. The minimum Gasteiger partial charge on any atom is -0.491 e. The molecule has 1 aromatic heterocycles. The molecule has 1 aromatic carbocycles. The van der Waals surface area contributed by atoms with Gasteiger partial charge in [0.2, 0.25) is 5.43 Å². The van der Waals surface area contributed by atoms with Gasteiger partial charge in [0.1, 0.15) is 17.2 Å². The maximum Gasteiger partial charge on any atom is 0.358 e. The van der Waals surface area contributed by atoms with Gasteiger partial charge in [-0.2, -0.15) is 0 Å². The summed E-state index contributed by atoms with van der Waals surface area (Å²) in [5, 5.41) is 2.40. The SMILES string of the molecule is CCn1cc(C(=O)NCc2ccc(F)cc2F)c(=O)c(OC)c1C(=O)OC. The molecule has 27 heavy (non-hydrogen) atoms. The monoisotopic (exact) mass is 380 g/mol. The van der Waals surface area contributed by atoms with Gasteiger partial charge in [-0.3, -0.25) is 9.59 Å². The highest BCUT2D eigenvalue weighted by Crippen LogP contribution is 2.17. The highest BCUT2D eigenvalue weighted by Gasteiger charge is 2.25. The Morgan fingerprint density at radius 2 is 1.93 bits per heavy atom. The van der Waals surface area contributed by atoms with Gasteiger partial charge in [0.15, 0.2) is 11.4 Å². The molecule has 1 heterocycles. The van der Waals surface area contributed by atoms with Crippen molar-refractivity contribution in [3.8, 4) is 5.75 Å². The van der Waals surface area contributed by atoms with E-state index in [1.807, 2.05) is 0 Å². The van der Waals surface area contributed by atoms with E-state index in [-0.39, 0.29) is 35.7 Å². The van der Waals surface area contributed by atoms with Gasteiger partial charge in [-0.15, -0.1) is 0 Å². The maximum absolute atomic E-state index is 13.7. The molecule has 0 bridgehead atoms. The third-order valence-electron chi connectivity index (χ3n) is 3.86. The second-order valence-corrected chi connectivity index (χ2v) is 5.45. The number of carbonyl (C=O) groups is 2. The Bertz CT molecular complexity index is 940. The van der Waals surface area contributed by atoms with Gasteiger partial charge < -0.3 is 19.4 Å². The summed E-state index contributed by atoms with van der Waals surface area (Å²) in [5.41, 5.74) is -1.16. The van der Waals surface area contributed by atoms with Crippen molar-refractivity contribution in [2.75, 3.05) is 14.2 Å². The van der Waals surface area contributed by atoms with E-state index in [9.17, 15) is 23.2 Å². The Labute approximate surface area is 153 Å². The van der Waals surface area contributed by atoms with E-state index in [0.717, 1.165) is 13.2 Å². The summed E-state index contributed by atoms with van der Waals surface area (Å²) >= 11 is 0. The van der Waals surface area contributed by atoms with Crippen LogP contribution in [0, 0.1) is 11.6 Å². The first-order valence-electron chi connectivity index (χ1n) is 7.95. The number of hydrogen-bond donors (Lipinski definition) is 1. The number of pyridine rings is 1. The largest absolute Gasteiger partial charge is 0.491 e. The first kappa shape index (κ1) is 20.1. The lowest BCUT2D eigenvalue weighted by molar-refractivity contribution is 0.0582.